The van der Waals surface area contributed by atoms with Crippen molar-refractivity contribution < 1.29 is 9.47 Å². The monoisotopic (exact) mass is 264 g/mol. The first-order chi connectivity index (χ1) is 8.80. The molecule has 0 aromatic carbocycles. The Morgan fingerprint density at radius 3 is 2.78 bits per heavy atom. The molecule has 0 bridgehead atoms. The second-order valence-electron chi connectivity index (χ2n) is 3.75. The van der Waals surface area contributed by atoms with Gasteiger partial charge in [0.25, 0.3) is 0 Å². The second-order valence-corrected chi connectivity index (χ2v) is 4.60. The zero-order chi connectivity index (χ0) is 13.0. The third-order valence-corrected chi connectivity index (χ3v) is 3.53. The molecular formula is C13H16N2O2S. The van der Waals surface area contributed by atoms with Gasteiger partial charge in [-0.3, -0.25) is 4.98 Å². The fraction of sp³-hybridized carbons (Fsp3) is 0.385. The fourth-order valence-corrected chi connectivity index (χ4v) is 2.61. The minimum absolute atomic E-state index is 0.413. The molecule has 96 valence electrons. The maximum atomic E-state index is 5.19. The highest BCUT2D eigenvalue weighted by Crippen LogP contribution is 2.28. The van der Waals surface area contributed by atoms with Gasteiger partial charge >= 0.3 is 0 Å². The van der Waals surface area contributed by atoms with E-state index in [1.807, 2.05) is 11.4 Å². The zero-order valence-corrected chi connectivity index (χ0v) is 11.5. The maximum absolute atomic E-state index is 5.19. The molecular weight excluding hydrogens is 248 g/mol. The van der Waals surface area contributed by atoms with Gasteiger partial charge < -0.3 is 9.47 Å². The molecule has 0 aliphatic heterocycles. The molecule has 0 aliphatic carbocycles. The van der Waals surface area contributed by atoms with Crippen LogP contribution in [0.15, 0.2) is 23.7 Å². The Hall–Kier alpha value is -1.30. The lowest BCUT2D eigenvalue weighted by Gasteiger charge is -2.09. The van der Waals surface area contributed by atoms with Gasteiger partial charge in [-0.15, -0.1) is 11.3 Å². The molecule has 0 spiro atoms. The van der Waals surface area contributed by atoms with Gasteiger partial charge in [-0.1, -0.05) is 13.0 Å². The fourth-order valence-electron chi connectivity index (χ4n) is 1.76. The van der Waals surface area contributed by atoms with E-state index in [1.165, 1.54) is 5.56 Å². The first-order valence-electron chi connectivity index (χ1n) is 5.75. The van der Waals surface area contributed by atoms with Crippen molar-refractivity contribution in [2.75, 3.05) is 14.2 Å². The summed E-state index contributed by atoms with van der Waals surface area (Å²) in [6.07, 6.45) is 2.32. The maximum Gasteiger partial charge on any atom is 0.201 e. The number of hydrogen-bond donors (Lipinski definition) is 0. The highest BCUT2D eigenvalue weighted by molar-refractivity contribution is 7.13. The van der Waals surface area contributed by atoms with Gasteiger partial charge in [-0.25, -0.2) is 4.98 Å². The molecule has 18 heavy (non-hydrogen) atoms. The molecule has 0 radical (unpaired) electrons. The van der Waals surface area contributed by atoms with Crippen LogP contribution >= 0.6 is 11.3 Å². The largest absolute Gasteiger partial charge is 0.350 e. The first-order valence-corrected chi connectivity index (χ1v) is 6.63. The van der Waals surface area contributed by atoms with Gasteiger partial charge in [0.15, 0.2) is 0 Å². The van der Waals surface area contributed by atoms with E-state index in [9.17, 15) is 0 Å². The topological polar surface area (TPSA) is 44.2 Å². The molecule has 4 nitrogen and oxygen atoms in total. The summed E-state index contributed by atoms with van der Waals surface area (Å²) in [7, 11) is 3.21. The molecule has 0 unspecified atom stereocenters. The normalized spacial score (nSPS) is 11.1. The molecule has 2 rings (SSSR count). The summed E-state index contributed by atoms with van der Waals surface area (Å²) in [4.78, 5) is 8.95. The predicted octanol–water partition coefficient (Wildman–Crippen LogP) is 3.06. The van der Waals surface area contributed by atoms with Crippen LogP contribution in [0.25, 0.3) is 10.7 Å². The van der Waals surface area contributed by atoms with E-state index < -0.39 is 6.29 Å². The highest BCUT2D eigenvalue weighted by Gasteiger charge is 2.15. The second kappa shape index (κ2) is 6.04. The SMILES string of the molecule is CCc1cccnc1-c1nc(C(OC)OC)cs1. The first kappa shape index (κ1) is 13.1. The Bertz CT molecular complexity index is 509. The van der Waals surface area contributed by atoms with Crippen LogP contribution in [0.2, 0.25) is 0 Å². The average Bonchev–Trinajstić information content (AvgIpc) is 2.89. The number of thiazole rings is 1. The van der Waals surface area contributed by atoms with Crippen molar-refractivity contribution in [1.82, 2.24) is 9.97 Å². The molecule has 2 aromatic rings. The van der Waals surface area contributed by atoms with E-state index in [2.05, 4.69) is 23.0 Å². The summed E-state index contributed by atoms with van der Waals surface area (Å²) in [5.74, 6) is 0. The molecule has 0 amide bonds. The van der Waals surface area contributed by atoms with Crippen LogP contribution < -0.4 is 0 Å². The molecule has 0 saturated carbocycles. The van der Waals surface area contributed by atoms with E-state index in [4.69, 9.17) is 9.47 Å². The molecule has 0 saturated heterocycles. The summed E-state index contributed by atoms with van der Waals surface area (Å²) < 4.78 is 10.4. The third-order valence-electron chi connectivity index (χ3n) is 2.67. The number of aromatic nitrogens is 2. The number of hydrogen-bond acceptors (Lipinski definition) is 5. The van der Waals surface area contributed by atoms with Gasteiger partial charge in [0.05, 0.1) is 0 Å². The van der Waals surface area contributed by atoms with Gasteiger partial charge in [-0.2, -0.15) is 0 Å². The Labute approximate surface area is 111 Å². The van der Waals surface area contributed by atoms with Gasteiger partial charge in [0, 0.05) is 25.8 Å². The van der Waals surface area contributed by atoms with Crippen molar-refractivity contribution in [1.29, 1.82) is 0 Å². The van der Waals surface area contributed by atoms with Crippen molar-refractivity contribution in [2.45, 2.75) is 19.6 Å². The summed E-state index contributed by atoms with van der Waals surface area (Å²) >= 11 is 1.56. The van der Waals surface area contributed by atoms with Crippen LogP contribution in [0.4, 0.5) is 0 Å². The lowest BCUT2D eigenvalue weighted by atomic mass is 10.1. The van der Waals surface area contributed by atoms with E-state index in [-0.39, 0.29) is 0 Å². The summed E-state index contributed by atoms with van der Waals surface area (Å²) in [5.41, 5.74) is 2.93. The Kier molecular flexibility index (Phi) is 4.41. The van der Waals surface area contributed by atoms with Crippen molar-refractivity contribution in [3.05, 3.63) is 35.0 Å². The summed E-state index contributed by atoms with van der Waals surface area (Å²) in [6.45, 7) is 2.11. The standard InChI is InChI=1S/C13H16N2O2S/c1-4-9-6-5-7-14-11(9)12-15-10(8-18-12)13(16-2)17-3/h5-8,13H,4H2,1-3H3. The van der Waals surface area contributed by atoms with Gasteiger partial charge in [-0.05, 0) is 18.1 Å². The number of nitrogens with zero attached hydrogens (tertiary/aromatic N) is 2. The Balaban J connectivity index is 2.34. The van der Waals surface area contributed by atoms with Gasteiger partial charge in [0.2, 0.25) is 6.29 Å². The van der Waals surface area contributed by atoms with Gasteiger partial charge in [0.1, 0.15) is 16.4 Å². The lowest BCUT2D eigenvalue weighted by molar-refractivity contribution is -0.108. The van der Waals surface area contributed by atoms with Crippen LogP contribution in [0.3, 0.4) is 0 Å². The number of rotatable bonds is 5. The minimum Gasteiger partial charge on any atom is -0.350 e. The smallest absolute Gasteiger partial charge is 0.201 e. The van der Waals surface area contributed by atoms with E-state index in [0.29, 0.717) is 0 Å². The summed E-state index contributed by atoms with van der Waals surface area (Å²) in [5, 5.41) is 2.85. The molecule has 0 aliphatic rings. The zero-order valence-electron chi connectivity index (χ0n) is 10.7. The van der Waals surface area contributed by atoms with Crippen molar-refractivity contribution in [3.63, 3.8) is 0 Å². The Morgan fingerprint density at radius 1 is 1.33 bits per heavy atom. The van der Waals surface area contributed by atoms with Crippen molar-refractivity contribution in [2.24, 2.45) is 0 Å². The number of aryl methyl sites for hydroxylation is 1. The lowest BCUT2D eigenvalue weighted by Crippen LogP contribution is -2.03. The predicted molar refractivity (Wildman–Crippen MR) is 71.5 cm³/mol. The number of methoxy groups -OCH3 is 2. The van der Waals surface area contributed by atoms with Crippen LogP contribution in [0.5, 0.6) is 0 Å². The minimum atomic E-state index is -0.413. The quantitative estimate of drug-likeness (QED) is 0.779. The molecule has 0 atom stereocenters. The molecule has 5 heteroatoms. The molecule has 2 heterocycles. The Morgan fingerprint density at radius 2 is 2.11 bits per heavy atom. The number of pyridine rings is 1. The van der Waals surface area contributed by atoms with E-state index in [0.717, 1.165) is 22.8 Å². The summed E-state index contributed by atoms with van der Waals surface area (Å²) in [6, 6.07) is 4.03. The van der Waals surface area contributed by atoms with Crippen molar-refractivity contribution in [3.8, 4) is 10.7 Å². The molecule has 0 N–H and O–H groups in total. The number of ether oxygens (including phenoxy) is 2. The molecule has 2 aromatic heterocycles. The van der Waals surface area contributed by atoms with E-state index >= 15 is 0 Å². The van der Waals surface area contributed by atoms with E-state index in [1.54, 1.807) is 31.8 Å². The van der Waals surface area contributed by atoms with Crippen LogP contribution in [-0.2, 0) is 15.9 Å². The third kappa shape index (κ3) is 2.58. The van der Waals surface area contributed by atoms with Crippen LogP contribution in [0.1, 0.15) is 24.5 Å². The van der Waals surface area contributed by atoms with Crippen LogP contribution in [-0.4, -0.2) is 24.2 Å². The molecule has 0 fully saturated rings. The average molecular weight is 264 g/mol. The van der Waals surface area contributed by atoms with Crippen LogP contribution in [0, 0.1) is 0 Å². The highest BCUT2D eigenvalue weighted by atomic mass is 32.1. The van der Waals surface area contributed by atoms with Crippen molar-refractivity contribution >= 4 is 11.3 Å².